The molecule has 0 bridgehead atoms. The summed E-state index contributed by atoms with van der Waals surface area (Å²) in [5.74, 6) is 0.690. The molecule has 0 amide bonds. The highest BCUT2D eigenvalue weighted by molar-refractivity contribution is 5.29. The minimum Gasteiger partial charge on any atom is -0.508 e. The summed E-state index contributed by atoms with van der Waals surface area (Å²) in [5.41, 5.74) is 5.10. The molecule has 2 heteroatoms. The van der Waals surface area contributed by atoms with Crippen molar-refractivity contribution >= 4 is 0 Å². The van der Waals surface area contributed by atoms with Gasteiger partial charge in [-0.05, 0) is 85.0 Å². The van der Waals surface area contributed by atoms with E-state index in [1.165, 1.54) is 22.3 Å². The van der Waals surface area contributed by atoms with Gasteiger partial charge in [-0.2, -0.15) is 0 Å². The summed E-state index contributed by atoms with van der Waals surface area (Å²) in [6.45, 7) is 0. The van der Waals surface area contributed by atoms with Crippen molar-refractivity contribution in [2.45, 2.75) is 38.5 Å². The van der Waals surface area contributed by atoms with Crippen molar-refractivity contribution in [1.82, 2.24) is 0 Å². The first-order valence-electron chi connectivity index (χ1n) is 9.33. The molecule has 0 saturated heterocycles. The van der Waals surface area contributed by atoms with E-state index in [2.05, 4.69) is 36.4 Å². The summed E-state index contributed by atoms with van der Waals surface area (Å²) in [6, 6.07) is 23.9. The van der Waals surface area contributed by atoms with Crippen LogP contribution in [0, 0.1) is 0 Å². The lowest BCUT2D eigenvalue weighted by atomic mass is 10.0. The van der Waals surface area contributed by atoms with Crippen LogP contribution in [0.25, 0.3) is 0 Å². The Morgan fingerprint density at radius 3 is 1.23 bits per heavy atom. The summed E-state index contributed by atoms with van der Waals surface area (Å²) in [7, 11) is 0. The van der Waals surface area contributed by atoms with E-state index >= 15 is 0 Å². The topological polar surface area (TPSA) is 40.5 Å². The van der Waals surface area contributed by atoms with E-state index in [-0.39, 0.29) is 0 Å². The molecular weight excluding hydrogens is 320 g/mol. The van der Waals surface area contributed by atoms with Crippen LogP contribution in [0.2, 0.25) is 0 Å². The Balaban J connectivity index is 1.41. The van der Waals surface area contributed by atoms with Crippen molar-refractivity contribution in [3.63, 3.8) is 0 Å². The summed E-state index contributed by atoms with van der Waals surface area (Å²) in [4.78, 5) is 0. The first-order valence-corrected chi connectivity index (χ1v) is 9.33. The lowest BCUT2D eigenvalue weighted by Gasteiger charge is -2.06. The second-order valence-electron chi connectivity index (χ2n) is 6.86. The zero-order valence-electron chi connectivity index (χ0n) is 15.1. The SMILES string of the molecule is Oc1cccc(CCCc2ccc(CCCc3cccc(O)c3)cc2)c1. The smallest absolute Gasteiger partial charge is 0.115 e. The molecule has 0 heterocycles. The molecule has 0 aliphatic rings. The molecule has 0 saturated carbocycles. The van der Waals surface area contributed by atoms with E-state index < -0.39 is 0 Å². The Morgan fingerprint density at radius 2 is 0.846 bits per heavy atom. The predicted molar refractivity (Wildman–Crippen MR) is 107 cm³/mol. The first-order chi connectivity index (χ1) is 12.7. The van der Waals surface area contributed by atoms with Gasteiger partial charge >= 0.3 is 0 Å². The normalized spacial score (nSPS) is 10.8. The number of benzene rings is 3. The highest BCUT2D eigenvalue weighted by Crippen LogP contribution is 2.16. The van der Waals surface area contributed by atoms with Crippen LogP contribution in [0.15, 0.2) is 72.8 Å². The summed E-state index contributed by atoms with van der Waals surface area (Å²) in [5, 5.41) is 19.0. The van der Waals surface area contributed by atoms with Crippen molar-refractivity contribution in [1.29, 1.82) is 0 Å². The van der Waals surface area contributed by atoms with Gasteiger partial charge in [0.2, 0.25) is 0 Å². The molecule has 3 rings (SSSR count). The van der Waals surface area contributed by atoms with Gasteiger partial charge in [0.1, 0.15) is 11.5 Å². The number of phenolic OH excluding ortho intramolecular Hbond substituents is 2. The number of hydrogen-bond acceptors (Lipinski definition) is 2. The molecule has 0 spiro atoms. The second kappa shape index (κ2) is 9.10. The Labute approximate surface area is 155 Å². The van der Waals surface area contributed by atoms with Crippen molar-refractivity contribution in [3.05, 3.63) is 95.1 Å². The number of aryl methyl sites for hydroxylation is 4. The standard InChI is InChI=1S/C24H26O2/c25-23-11-3-9-21(17-23)7-1-5-19-13-15-20(16-14-19)6-2-8-22-10-4-12-24(26)18-22/h3-4,9-18,25-26H,1-2,5-8H2. The quantitative estimate of drug-likeness (QED) is 0.569. The number of hydrogen-bond donors (Lipinski definition) is 2. The van der Waals surface area contributed by atoms with Crippen LogP contribution in [0.4, 0.5) is 0 Å². The maximum absolute atomic E-state index is 9.50. The third kappa shape index (κ3) is 5.66. The van der Waals surface area contributed by atoms with Gasteiger partial charge in [0, 0.05) is 0 Å². The zero-order chi connectivity index (χ0) is 18.2. The number of phenols is 2. The molecule has 2 N–H and O–H groups in total. The highest BCUT2D eigenvalue weighted by Gasteiger charge is 2.00. The molecule has 26 heavy (non-hydrogen) atoms. The molecule has 0 aliphatic carbocycles. The third-order valence-corrected chi connectivity index (χ3v) is 4.71. The Kier molecular flexibility index (Phi) is 6.32. The van der Waals surface area contributed by atoms with Gasteiger partial charge in [-0.3, -0.25) is 0 Å². The minimum atomic E-state index is 0.345. The molecule has 3 aromatic carbocycles. The average Bonchev–Trinajstić information content (AvgIpc) is 2.63. The van der Waals surface area contributed by atoms with E-state index in [1.54, 1.807) is 12.1 Å². The Morgan fingerprint density at radius 1 is 0.462 bits per heavy atom. The molecule has 0 unspecified atom stereocenters. The van der Waals surface area contributed by atoms with E-state index in [0.29, 0.717) is 11.5 Å². The van der Waals surface area contributed by atoms with Crippen LogP contribution in [0.3, 0.4) is 0 Å². The molecular formula is C24H26O2. The van der Waals surface area contributed by atoms with E-state index in [1.807, 2.05) is 24.3 Å². The molecule has 2 nitrogen and oxygen atoms in total. The van der Waals surface area contributed by atoms with Gasteiger partial charge in [-0.25, -0.2) is 0 Å². The van der Waals surface area contributed by atoms with E-state index in [0.717, 1.165) is 38.5 Å². The fourth-order valence-electron chi connectivity index (χ4n) is 3.29. The molecule has 3 aromatic rings. The van der Waals surface area contributed by atoms with E-state index in [4.69, 9.17) is 0 Å². The van der Waals surface area contributed by atoms with Crippen LogP contribution in [0.1, 0.15) is 35.1 Å². The molecule has 0 aromatic heterocycles. The monoisotopic (exact) mass is 346 g/mol. The second-order valence-corrected chi connectivity index (χ2v) is 6.86. The molecule has 0 aliphatic heterocycles. The fourth-order valence-corrected chi connectivity index (χ4v) is 3.29. The van der Waals surface area contributed by atoms with Crippen LogP contribution >= 0.6 is 0 Å². The van der Waals surface area contributed by atoms with Crippen molar-refractivity contribution < 1.29 is 10.2 Å². The van der Waals surface area contributed by atoms with Crippen LogP contribution in [-0.2, 0) is 25.7 Å². The molecule has 0 fully saturated rings. The lowest BCUT2D eigenvalue weighted by Crippen LogP contribution is -1.93. The summed E-state index contributed by atoms with van der Waals surface area (Å²) in [6.07, 6.45) is 6.25. The van der Waals surface area contributed by atoms with Crippen molar-refractivity contribution in [3.8, 4) is 11.5 Å². The van der Waals surface area contributed by atoms with E-state index in [9.17, 15) is 10.2 Å². The third-order valence-electron chi connectivity index (χ3n) is 4.71. The van der Waals surface area contributed by atoms with Gasteiger partial charge in [0.15, 0.2) is 0 Å². The largest absolute Gasteiger partial charge is 0.508 e. The zero-order valence-corrected chi connectivity index (χ0v) is 15.1. The van der Waals surface area contributed by atoms with Gasteiger partial charge in [-0.1, -0.05) is 48.5 Å². The van der Waals surface area contributed by atoms with Crippen LogP contribution < -0.4 is 0 Å². The van der Waals surface area contributed by atoms with Crippen molar-refractivity contribution in [2.75, 3.05) is 0 Å². The predicted octanol–water partition coefficient (Wildman–Crippen LogP) is 5.45. The molecule has 0 atom stereocenters. The van der Waals surface area contributed by atoms with Gasteiger partial charge in [0.25, 0.3) is 0 Å². The average molecular weight is 346 g/mol. The molecule has 134 valence electrons. The highest BCUT2D eigenvalue weighted by atomic mass is 16.3. The van der Waals surface area contributed by atoms with Crippen molar-refractivity contribution in [2.24, 2.45) is 0 Å². The fraction of sp³-hybridized carbons (Fsp3) is 0.250. The van der Waals surface area contributed by atoms with Crippen LogP contribution in [-0.4, -0.2) is 10.2 Å². The first kappa shape index (κ1) is 18.1. The lowest BCUT2D eigenvalue weighted by molar-refractivity contribution is 0.474. The van der Waals surface area contributed by atoms with Gasteiger partial charge in [-0.15, -0.1) is 0 Å². The number of rotatable bonds is 8. The summed E-state index contributed by atoms with van der Waals surface area (Å²) >= 11 is 0. The maximum Gasteiger partial charge on any atom is 0.115 e. The van der Waals surface area contributed by atoms with Gasteiger partial charge < -0.3 is 10.2 Å². The van der Waals surface area contributed by atoms with Crippen LogP contribution in [0.5, 0.6) is 11.5 Å². The summed E-state index contributed by atoms with van der Waals surface area (Å²) < 4.78 is 0. The number of aromatic hydroxyl groups is 2. The Hall–Kier alpha value is -2.74. The maximum atomic E-state index is 9.50. The molecule has 0 radical (unpaired) electrons. The Bertz CT molecular complexity index is 751. The minimum absolute atomic E-state index is 0.345. The van der Waals surface area contributed by atoms with Gasteiger partial charge in [0.05, 0.1) is 0 Å².